The van der Waals surface area contributed by atoms with Gasteiger partial charge in [-0.25, -0.2) is 0 Å². The minimum Gasteiger partial charge on any atom is -0.494 e. The maximum absolute atomic E-state index is 5.64. The summed E-state index contributed by atoms with van der Waals surface area (Å²) in [6.07, 6.45) is 4.06. The molecular formula is C14H17NO2. The Morgan fingerprint density at radius 3 is 2.12 bits per heavy atom. The van der Waals surface area contributed by atoms with Crippen LogP contribution in [-0.2, 0) is 6.54 Å². The van der Waals surface area contributed by atoms with Crippen LogP contribution in [0.4, 0.5) is 0 Å². The molecule has 0 bridgehead atoms. The lowest BCUT2D eigenvalue weighted by Crippen LogP contribution is -2.06. The van der Waals surface area contributed by atoms with Crippen LogP contribution < -0.4 is 9.47 Å². The Labute approximate surface area is 102 Å². The van der Waals surface area contributed by atoms with Gasteiger partial charge in [0.2, 0.25) is 0 Å². The Kier molecular flexibility index (Phi) is 4.08. The van der Waals surface area contributed by atoms with Gasteiger partial charge in [0.1, 0.15) is 18.1 Å². The molecule has 90 valence electrons. The number of hydrogen-bond acceptors (Lipinski definition) is 2. The topological polar surface area (TPSA) is 23.4 Å². The van der Waals surface area contributed by atoms with Crippen molar-refractivity contribution in [1.82, 2.24) is 4.57 Å². The smallest absolute Gasteiger partial charge is 0.119 e. The van der Waals surface area contributed by atoms with E-state index in [0.717, 1.165) is 18.0 Å². The molecule has 0 atom stereocenters. The fourth-order valence-corrected chi connectivity index (χ4v) is 1.59. The van der Waals surface area contributed by atoms with Gasteiger partial charge in [-0.3, -0.25) is 0 Å². The molecule has 0 aliphatic carbocycles. The van der Waals surface area contributed by atoms with Gasteiger partial charge in [0.25, 0.3) is 0 Å². The van der Waals surface area contributed by atoms with Crippen molar-refractivity contribution < 1.29 is 9.47 Å². The zero-order chi connectivity index (χ0) is 11.9. The predicted molar refractivity (Wildman–Crippen MR) is 67.5 cm³/mol. The summed E-state index contributed by atoms with van der Waals surface area (Å²) in [7, 11) is 0. The Bertz CT molecular complexity index is 420. The Morgan fingerprint density at radius 1 is 0.941 bits per heavy atom. The fourth-order valence-electron chi connectivity index (χ4n) is 1.59. The number of hydrogen-bond donors (Lipinski definition) is 0. The second-order valence-corrected chi connectivity index (χ2v) is 3.67. The Hall–Kier alpha value is -1.90. The van der Waals surface area contributed by atoms with Crippen LogP contribution in [0.2, 0.25) is 0 Å². The summed E-state index contributed by atoms with van der Waals surface area (Å²) in [6, 6.07) is 11.7. The lowest BCUT2D eigenvalue weighted by atomic mass is 10.3. The molecule has 1 aromatic heterocycles. The zero-order valence-corrected chi connectivity index (χ0v) is 10.0. The summed E-state index contributed by atoms with van der Waals surface area (Å²) in [5.41, 5.74) is 0. The summed E-state index contributed by atoms with van der Waals surface area (Å²) in [5.74, 6) is 1.76. The van der Waals surface area contributed by atoms with E-state index in [1.54, 1.807) is 0 Å². The van der Waals surface area contributed by atoms with Gasteiger partial charge in [-0.1, -0.05) is 0 Å². The molecule has 0 spiro atoms. The molecule has 0 saturated heterocycles. The van der Waals surface area contributed by atoms with Crippen LogP contribution in [0.1, 0.15) is 6.92 Å². The Balaban J connectivity index is 1.79. The van der Waals surface area contributed by atoms with Gasteiger partial charge < -0.3 is 14.0 Å². The molecule has 17 heavy (non-hydrogen) atoms. The largest absolute Gasteiger partial charge is 0.494 e. The first-order valence-corrected chi connectivity index (χ1v) is 5.85. The maximum atomic E-state index is 5.64. The van der Waals surface area contributed by atoms with Crippen LogP contribution in [0.25, 0.3) is 0 Å². The lowest BCUT2D eigenvalue weighted by Gasteiger charge is -2.08. The van der Waals surface area contributed by atoms with Crippen molar-refractivity contribution in [2.75, 3.05) is 13.2 Å². The van der Waals surface area contributed by atoms with Crippen molar-refractivity contribution in [2.24, 2.45) is 0 Å². The molecular weight excluding hydrogens is 214 g/mol. The van der Waals surface area contributed by atoms with Crippen molar-refractivity contribution in [1.29, 1.82) is 0 Å². The summed E-state index contributed by atoms with van der Waals surface area (Å²) in [6.45, 7) is 4.19. The van der Waals surface area contributed by atoms with E-state index in [-0.39, 0.29) is 0 Å². The van der Waals surface area contributed by atoms with Gasteiger partial charge in [0, 0.05) is 12.4 Å². The minimum atomic E-state index is 0.669. The molecule has 3 heteroatoms. The molecule has 0 N–H and O–H groups in total. The van der Waals surface area contributed by atoms with E-state index in [9.17, 15) is 0 Å². The zero-order valence-electron chi connectivity index (χ0n) is 10.0. The minimum absolute atomic E-state index is 0.669. The highest BCUT2D eigenvalue weighted by molar-refractivity contribution is 5.31. The highest BCUT2D eigenvalue weighted by atomic mass is 16.5. The van der Waals surface area contributed by atoms with Gasteiger partial charge in [0.15, 0.2) is 0 Å². The van der Waals surface area contributed by atoms with E-state index in [0.29, 0.717) is 13.2 Å². The SMILES string of the molecule is CCOc1ccc(OCCn2cccc2)cc1. The lowest BCUT2D eigenvalue weighted by molar-refractivity contribution is 0.297. The summed E-state index contributed by atoms with van der Waals surface area (Å²) < 4.78 is 13.1. The van der Waals surface area contributed by atoms with Crippen LogP contribution in [-0.4, -0.2) is 17.8 Å². The van der Waals surface area contributed by atoms with Gasteiger partial charge in [0.05, 0.1) is 13.2 Å². The van der Waals surface area contributed by atoms with Crippen LogP contribution in [0.5, 0.6) is 11.5 Å². The third-order valence-electron chi connectivity index (χ3n) is 2.42. The quantitative estimate of drug-likeness (QED) is 0.763. The third-order valence-corrected chi connectivity index (χ3v) is 2.42. The number of nitrogens with zero attached hydrogens (tertiary/aromatic N) is 1. The maximum Gasteiger partial charge on any atom is 0.119 e. The summed E-state index contributed by atoms with van der Waals surface area (Å²) in [4.78, 5) is 0. The van der Waals surface area contributed by atoms with Crippen molar-refractivity contribution in [3.8, 4) is 11.5 Å². The van der Waals surface area contributed by atoms with Gasteiger partial charge in [-0.15, -0.1) is 0 Å². The first kappa shape index (κ1) is 11.6. The van der Waals surface area contributed by atoms with Crippen molar-refractivity contribution >= 4 is 0 Å². The van der Waals surface area contributed by atoms with Gasteiger partial charge in [-0.05, 0) is 43.3 Å². The van der Waals surface area contributed by atoms with Crippen molar-refractivity contribution in [3.05, 3.63) is 48.8 Å². The summed E-state index contributed by atoms with van der Waals surface area (Å²) >= 11 is 0. The molecule has 0 aliphatic heterocycles. The van der Waals surface area contributed by atoms with Crippen LogP contribution >= 0.6 is 0 Å². The first-order valence-electron chi connectivity index (χ1n) is 5.85. The highest BCUT2D eigenvalue weighted by Crippen LogP contribution is 2.17. The average Bonchev–Trinajstić information content (AvgIpc) is 2.85. The second-order valence-electron chi connectivity index (χ2n) is 3.67. The van der Waals surface area contributed by atoms with Crippen LogP contribution in [0.15, 0.2) is 48.8 Å². The van der Waals surface area contributed by atoms with E-state index >= 15 is 0 Å². The number of rotatable bonds is 6. The van der Waals surface area contributed by atoms with E-state index < -0.39 is 0 Å². The molecule has 2 aromatic rings. The second kappa shape index (κ2) is 5.99. The molecule has 0 unspecified atom stereocenters. The molecule has 3 nitrogen and oxygen atoms in total. The molecule has 0 radical (unpaired) electrons. The van der Waals surface area contributed by atoms with E-state index in [1.165, 1.54) is 0 Å². The predicted octanol–water partition coefficient (Wildman–Crippen LogP) is 2.97. The molecule has 0 saturated carbocycles. The number of ether oxygens (including phenoxy) is 2. The van der Waals surface area contributed by atoms with E-state index in [1.807, 2.05) is 55.7 Å². The van der Waals surface area contributed by atoms with Gasteiger partial charge >= 0.3 is 0 Å². The number of aromatic nitrogens is 1. The fraction of sp³-hybridized carbons (Fsp3) is 0.286. The Morgan fingerprint density at radius 2 is 1.53 bits per heavy atom. The molecule has 2 rings (SSSR count). The van der Waals surface area contributed by atoms with E-state index in [4.69, 9.17) is 9.47 Å². The van der Waals surface area contributed by atoms with Crippen LogP contribution in [0, 0.1) is 0 Å². The molecule has 0 fully saturated rings. The van der Waals surface area contributed by atoms with E-state index in [2.05, 4.69) is 4.57 Å². The average molecular weight is 231 g/mol. The normalized spacial score (nSPS) is 10.2. The molecule has 0 aliphatic rings. The number of benzene rings is 1. The third kappa shape index (κ3) is 3.55. The molecule has 1 aromatic carbocycles. The molecule has 0 amide bonds. The summed E-state index contributed by atoms with van der Waals surface area (Å²) in [5, 5.41) is 0. The highest BCUT2D eigenvalue weighted by Gasteiger charge is 1.96. The first-order chi connectivity index (χ1) is 8.38. The van der Waals surface area contributed by atoms with Crippen molar-refractivity contribution in [2.45, 2.75) is 13.5 Å². The van der Waals surface area contributed by atoms with Gasteiger partial charge in [-0.2, -0.15) is 0 Å². The molecule has 1 heterocycles. The monoisotopic (exact) mass is 231 g/mol. The standard InChI is InChI=1S/C14H17NO2/c1-2-16-13-5-7-14(8-6-13)17-12-11-15-9-3-4-10-15/h3-10H,2,11-12H2,1H3. The van der Waals surface area contributed by atoms with Crippen LogP contribution in [0.3, 0.4) is 0 Å². The van der Waals surface area contributed by atoms with Crippen molar-refractivity contribution in [3.63, 3.8) is 0 Å².